The van der Waals surface area contributed by atoms with E-state index < -0.39 is 6.10 Å². The third-order valence-corrected chi connectivity index (χ3v) is 4.28. The zero-order chi connectivity index (χ0) is 16.2. The fourth-order valence-electron chi connectivity index (χ4n) is 2.33. The minimum absolute atomic E-state index is 0.171. The molecule has 0 aliphatic carbocycles. The molecule has 7 heteroatoms. The van der Waals surface area contributed by atoms with E-state index >= 15 is 0 Å². The van der Waals surface area contributed by atoms with Gasteiger partial charge in [-0.25, -0.2) is 4.98 Å². The van der Waals surface area contributed by atoms with Gasteiger partial charge in [-0.15, -0.1) is 11.3 Å². The lowest BCUT2D eigenvalue weighted by Crippen LogP contribution is -2.27. The van der Waals surface area contributed by atoms with E-state index in [0.29, 0.717) is 23.0 Å². The number of carbonyl (C=O) groups excluding carboxylic acids is 2. The summed E-state index contributed by atoms with van der Waals surface area (Å²) in [6.45, 7) is 2.54. The van der Waals surface area contributed by atoms with Crippen LogP contribution < -0.4 is 10.6 Å². The van der Waals surface area contributed by atoms with Crippen LogP contribution in [0.25, 0.3) is 0 Å². The van der Waals surface area contributed by atoms with Gasteiger partial charge in [0.1, 0.15) is 6.10 Å². The summed E-state index contributed by atoms with van der Waals surface area (Å²) in [4.78, 5) is 29.4. The van der Waals surface area contributed by atoms with Crippen molar-refractivity contribution >= 4 is 34.0 Å². The molecule has 0 spiro atoms. The Hall–Kier alpha value is -2.25. The number of rotatable bonds is 4. The van der Waals surface area contributed by atoms with Gasteiger partial charge in [0, 0.05) is 28.9 Å². The average Bonchev–Trinajstić information content (AvgIpc) is 3.19. The topological polar surface area (TPSA) is 80.3 Å². The molecule has 1 unspecified atom stereocenters. The van der Waals surface area contributed by atoms with Crippen LogP contribution in [0.4, 0.5) is 10.8 Å². The van der Waals surface area contributed by atoms with Crippen molar-refractivity contribution in [3.8, 4) is 0 Å². The molecule has 1 aromatic carbocycles. The van der Waals surface area contributed by atoms with Gasteiger partial charge in [-0.2, -0.15) is 0 Å². The summed E-state index contributed by atoms with van der Waals surface area (Å²) in [6.07, 6.45) is 2.94. The Kier molecular flexibility index (Phi) is 4.68. The maximum atomic E-state index is 12.2. The van der Waals surface area contributed by atoms with Gasteiger partial charge in [0.25, 0.3) is 11.8 Å². The fourth-order valence-corrected chi connectivity index (χ4v) is 2.99. The Bertz CT molecular complexity index is 723. The van der Waals surface area contributed by atoms with Gasteiger partial charge in [0.05, 0.1) is 0 Å². The first kappa shape index (κ1) is 15.6. The lowest BCUT2D eigenvalue weighted by atomic mass is 10.1. The van der Waals surface area contributed by atoms with Crippen LogP contribution in [0, 0.1) is 6.92 Å². The minimum Gasteiger partial charge on any atom is -0.368 e. The van der Waals surface area contributed by atoms with Crippen molar-refractivity contribution in [2.75, 3.05) is 17.2 Å². The summed E-state index contributed by atoms with van der Waals surface area (Å²) in [5, 5.41) is 6.09. The Balaban J connectivity index is 1.66. The molecule has 1 aliphatic heterocycles. The normalized spacial score (nSPS) is 17.0. The third kappa shape index (κ3) is 3.94. The summed E-state index contributed by atoms with van der Waals surface area (Å²) in [7, 11) is 0. The minimum atomic E-state index is -0.397. The van der Waals surface area contributed by atoms with Gasteiger partial charge >= 0.3 is 0 Å². The summed E-state index contributed by atoms with van der Waals surface area (Å²) >= 11 is 1.41. The number of hydrogen-bond donors (Lipinski definition) is 2. The molecule has 1 fully saturated rings. The van der Waals surface area contributed by atoms with Gasteiger partial charge in [-0.05, 0) is 38.0 Å². The highest BCUT2D eigenvalue weighted by Crippen LogP contribution is 2.19. The van der Waals surface area contributed by atoms with Gasteiger partial charge in [0.2, 0.25) is 0 Å². The second-order valence-electron chi connectivity index (χ2n) is 5.30. The van der Waals surface area contributed by atoms with Gasteiger partial charge in [0.15, 0.2) is 5.13 Å². The van der Waals surface area contributed by atoms with Crippen molar-refractivity contribution in [3.05, 3.63) is 40.9 Å². The summed E-state index contributed by atoms with van der Waals surface area (Å²) in [6, 6.07) is 6.81. The first-order chi connectivity index (χ1) is 11.1. The highest BCUT2D eigenvalue weighted by Gasteiger charge is 2.23. The van der Waals surface area contributed by atoms with Gasteiger partial charge in [-0.3, -0.25) is 14.9 Å². The molecule has 120 valence electrons. The number of aryl methyl sites for hydroxylation is 1. The molecule has 23 heavy (non-hydrogen) atoms. The number of anilines is 2. The number of amides is 2. The van der Waals surface area contributed by atoms with E-state index in [4.69, 9.17) is 4.74 Å². The number of nitrogens with one attached hydrogen (secondary N) is 2. The Morgan fingerprint density at radius 2 is 2.22 bits per heavy atom. The van der Waals surface area contributed by atoms with Crippen molar-refractivity contribution < 1.29 is 14.3 Å². The number of ether oxygens (including phenoxy) is 1. The predicted molar refractivity (Wildman–Crippen MR) is 88.8 cm³/mol. The largest absolute Gasteiger partial charge is 0.368 e. The van der Waals surface area contributed by atoms with Crippen LogP contribution in [-0.2, 0) is 9.53 Å². The molecule has 1 aromatic heterocycles. The molecule has 2 heterocycles. The monoisotopic (exact) mass is 331 g/mol. The molecule has 6 nitrogen and oxygen atoms in total. The molecule has 1 aliphatic rings. The number of thiazole rings is 1. The van der Waals surface area contributed by atoms with E-state index in [0.717, 1.165) is 17.7 Å². The van der Waals surface area contributed by atoms with Crippen LogP contribution in [0.1, 0.15) is 28.1 Å². The van der Waals surface area contributed by atoms with Crippen molar-refractivity contribution in [1.82, 2.24) is 4.98 Å². The van der Waals surface area contributed by atoms with Crippen LogP contribution in [-0.4, -0.2) is 29.5 Å². The Morgan fingerprint density at radius 3 is 2.91 bits per heavy atom. The standard InChI is InChI=1S/C16H17N3O3S/c1-10-9-17-16(23-10)19-14(20)11-4-2-5-12(8-11)18-15(21)13-6-3-7-22-13/h2,4-5,8-9,13H,3,6-7H2,1H3,(H,18,21)(H,17,19,20). The first-order valence-electron chi connectivity index (χ1n) is 7.38. The molecular weight excluding hydrogens is 314 g/mol. The van der Waals surface area contributed by atoms with Crippen molar-refractivity contribution in [2.45, 2.75) is 25.9 Å². The SMILES string of the molecule is Cc1cnc(NC(=O)c2cccc(NC(=O)C3CCCO3)c2)s1. The lowest BCUT2D eigenvalue weighted by molar-refractivity contribution is -0.124. The molecule has 0 saturated carbocycles. The van der Waals surface area contributed by atoms with Gasteiger partial charge in [-0.1, -0.05) is 6.07 Å². The molecular formula is C16H17N3O3S. The Labute approximate surface area is 137 Å². The molecule has 0 radical (unpaired) electrons. The molecule has 3 rings (SSSR count). The lowest BCUT2D eigenvalue weighted by Gasteiger charge is -2.11. The number of aromatic nitrogens is 1. The zero-order valence-electron chi connectivity index (χ0n) is 12.7. The van der Waals surface area contributed by atoms with Crippen LogP contribution in [0.5, 0.6) is 0 Å². The maximum Gasteiger partial charge on any atom is 0.257 e. The number of nitrogens with zero attached hydrogens (tertiary/aromatic N) is 1. The van der Waals surface area contributed by atoms with Crippen LogP contribution in [0.2, 0.25) is 0 Å². The molecule has 0 bridgehead atoms. The highest BCUT2D eigenvalue weighted by molar-refractivity contribution is 7.15. The molecule has 1 atom stereocenters. The summed E-state index contributed by atoms with van der Waals surface area (Å²) < 4.78 is 5.35. The molecule has 2 N–H and O–H groups in total. The van der Waals surface area contributed by atoms with Crippen LogP contribution in [0.15, 0.2) is 30.5 Å². The van der Waals surface area contributed by atoms with E-state index in [1.54, 1.807) is 30.5 Å². The van der Waals surface area contributed by atoms with Crippen molar-refractivity contribution in [1.29, 1.82) is 0 Å². The number of benzene rings is 1. The highest BCUT2D eigenvalue weighted by atomic mass is 32.1. The maximum absolute atomic E-state index is 12.2. The molecule has 2 amide bonds. The predicted octanol–water partition coefficient (Wildman–Crippen LogP) is 2.82. The third-order valence-electron chi connectivity index (χ3n) is 3.46. The second-order valence-corrected chi connectivity index (χ2v) is 6.54. The molecule has 2 aromatic rings. The van der Waals surface area contributed by atoms with E-state index in [9.17, 15) is 9.59 Å². The van der Waals surface area contributed by atoms with Crippen LogP contribution >= 0.6 is 11.3 Å². The number of hydrogen-bond acceptors (Lipinski definition) is 5. The zero-order valence-corrected chi connectivity index (χ0v) is 13.5. The quantitative estimate of drug-likeness (QED) is 0.903. The first-order valence-corrected chi connectivity index (χ1v) is 8.20. The van der Waals surface area contributed by atoms with E-state index in [-0.39, 0.29) is 11.8 Å². The van der Waals surface area contributed by atoms with Crippen LogP contribution in [0.3, 0.4) is 0 Å². The smallest absolute Gasteiger partial charge is 0.257 e. The average molecular weight is 331 g/mol. The van der Waals surface area contributed by atoms with E-state index in [2.05, 4.69) is 15.6 Å². The Morgan fingerprint density at radius 1 is 1.35 bits per heavy atom. The van der Waals surface area contributed by atoms with Crippen molar-refractivity contribution in [3.63, 3.8) is 0 Å². The molecule has 1 saturated heterocycles. The second kappa shape index (κ2) is 6.89. The number of carbonyl (C=O) groups is 2. The summed E-state index contributed by atoms with van der Waals surface area (Å²) in [5.74, 6) is -0.428. The summed E-state index contributed by atoms with van der Waals surface area (Å²) in [5.41, 5.74) is 1.04. The van der Waals surface area contributed by atoms with E-state index in [1.165, 1.54) is 11.3 Å². The van der Waals surface area contributed by atoms with E-state index in [1.807, 2.05) is 6.92 Å². The van der Waals surface area contributed by atoms with Crippen molar-refractivity contribution in [2.24, 2.45) is 0 Å². The van der Waals surface area contributed by atoms with Gasteiger partial charge < -0.3 is 10.1 Å². The fraction of sp³-hybridized carbons (Fsp3) is 0.312.